The molecule has 0 spiro atoms. The van der Waals surface area contributed by atoms with E-state index >= 15 is 0 Å². The Labute approximate surface area is 108 Å². The van der Waals surface area contributed by atoms with Crippen molar-refractivity contribution in [1.29, 1.82) is 0 Å². The van der Waals surface area contributed by atoms with Crippen molar-refractivity contribution in [3.05, 3.63) is 70.5 Å². The van der Waals surface area contributed by atoms with E-state index in [1.54, 1.807) is 19.1 Å². The number of carbonyl (C=O) groups is 1. The topological polar surface area (TPSA) is 17.1 Å². The maximum atomic E-state index is 13.7. The second-order valence-corrected chi connectivity index (χ2v) is 4.28. The van der Waals surface area contributed by atoms with E-state index in [1.807, 2.05) is 0 Å². The Morgan fingerprint density at radius 1 is 1.05 bits per heavy atom. The molecule has 0 aliphatic rings. The SMILES string of the molecule is Cc1cccc(C(=O)Cc2ccc(F)c(F)c2)c1F. The molecule has 0 bridgehead atoms. The van der Waals surface area contributed by atoms with Crippen LogP contribution in [0.3, 0.4) is 0 Å². The van der Waals surface area contributed by atoms with Crippen LogP contribution in [-0.4, -0.2) is 5.78 Å². The Balaban J connectivity index is 2.26. The van der Waals surface area contributed by atoms with E-state index in [2.05, 4.69) is 0 Å². The summed E-state index contributed by atoms with van der Waals surface area (Å²) in [6.07, 6.45) is -0.169. The molecule has 0 aliphatic heterocycles. The molecular weight excluding hydrogens is 253 g/mol. The normalized spacial score (nSPS) is 10.5. The summed E-state index contributed by atoms with van der Waals surface area (Å²) in [5.74, 6) is -3.03. The van der Waals surface area contributed by atoms with Crippen LogP contribution in [0.2, 0.25) is 0 Å². The summed E-state index contributed by atoms with van der Waals surface area (Å²) >= 11 is 0. The van der Waals surface area contributed by atoms with Gasteiger partial charge in [-0.15, -0.1) is 0 Å². The molecule has 2 aromatic carbocycles. The predicted molar refractivity (Wildman–Crippen MR) is 65.5 cm³/mol. The summed E-state index contributed by atoms with van der Waals surface area (Å²) in [6, 6.07) is 7.72. The summed E-state index contributed by atoms with van der Waals surface area (Å²) in [5, 5.41) is 0. The smallest absolute Gasteiger partial charge is 0.170 e. The lowest BCUT2D eigenvalue weighted by Crippen LogP contribution is -2.07. The molecule has 0 saturated heterocycles. The van der Waals surface area contributed by atoms with Gasteiger partial charge < -0.3 is 0 Å². The average Bonchev–Trinajstić information content (AvgIpc) is 2.37. The minimum Gasteiger partial charge on any atom is -0.294 e. The van der Waals surface area contributed by atoms with Crippen LogP contribution in [0.5, 0.6) is 0 Å². The number of ketones is 1. The van der Waals surface area contributed by atoms with Crippen LogP contribution in [-0.2, 0) is 6.42 Å². The molecule has 19 heavy (non-hydrogen) atoms. The maximum absolute atomic E-state index is 13.7. The molecule has 98 valence electrons. The van der Waals surface area contributed by atoms with E-state index in [0.29, 0.717) is 11.1 Å². The van der Waals surface area contributed by atoms with Gasteiger partial charge in [0.05, 0.1) is 5.56 Å². The lowest BCUT2D eigenvalue weighted by molar-refractivity contribution is 0.0989. The molecule has 4 heteroatoms. The van der Waals surface area contributed by atoms with Gasteiger partial charge in [-0.3, -0.25) is 4.79 Å². The molecule has 0 N–H and O–H groups in total. The van der Waals surface area contributed by atoms with Crippen molar-refractivity contribution in [3.8, 4) is 0 Å². The number of halogens is 3. The Kier molecular flexibility index (Phi) is 3.69. The average molecular weight is 264 g/mol. The Morgan fingerprint density at radius 3 is 2.47 bits per heavy atom. The number of hydrogen-bond donors (Lipinski definition) is 0. The minimum atomic E-state index is -1.02. The Hall–Kier alpha value is -2.10. The zero-order chi connectivity index (χ0) is 14.0. The molecule has 2 rings (SSSR count). The molecule has 0 fully saturated rings. The van der Waals surface area contributed by atoms with Crippen molar-refractivity contribution in [2.45, 2.75) is 13.3 Å². The van der Waals surface area contributed by atoms with Gasteiger partial charge in [0, 0.05) is 6.42 Å². The van der Waals surface area contributed by atoms with Gasteiger partial charge in [-0.05, 0) is 36.2 Å². The standard InChI is InChI=1S/C15H11F3O/c1-9-3-2-4-11(15(9)18)14(19)8-10-5-6-12(16)13(17)7-10/h2-7H,8H2,1H3. The van der Waals surface area contributed by atoms with E-state index in [4.69, 9.17) is 0 Å². The lowest BCUT2D eigenvalue weighted by atomic mass is 10.0. The molecule has 0 aliphatic carbocycles. The second-order valence-electron chi connectivity index (χ2n) is 4.28. The Bertz CT molecular complexity index is 635. The number of hydrogen-bond acceptors (Lipinski definition) is 1. The molecule has 0 aromatic heterocycles. The summed E-state index contributed by atoms with van der Waals surface area (Å²) in [5.41, 5.74) is 0.644. The van der Waals surface area contributed by atoms with E-state index in [0.717, 1.165) is 12.1 Å². The van der Waals surface area contributed by atoms with Crippen molar-refractivity contribution in [2.24, 2.45) is 0 Å². The summed E-state index contributed by atoms with van der Waals surface area (Å²) in [6.45, 7) is 1.56. The van der Waals surface area contributed by atoms with E-state index in [-0.39, 0.29) is 12.0 Å². The predicted octanol–water partition coefficient (Wildman–Crippen LogP) is 3.84. The fourth-order valence-electron chi connectivity index (χ4n) is 1.79. The van der Waals surface area contributed by atoms with Crippen LogP contribution < -0.4 is 0 Å². The number of carbonyl (C=O) groups excluding carboxylic acids is 1. The molecular formula is C15H11F3O. The monoisotopic (exact) mass is 264 g/mol. The van der Waals surface area contributed by atoms with Gasteiger partial charge in [-0.2, -0.15) is 0 Å². The third kappa shape index (κ3) is 2.84. The third-order valence-corrected chi connectivity index (χ3v) is 2.84. The van der Waals surface area contributed by atoms with Gasteiger partial charge in [0.1, 0.15) is 5.82 Å². The highest BCUT2D eigenvalue weighted by molar-refractivity contribution is 5.97. The molecule has 0 saturated carbocycles. The molecule has 1 nitrogen and oxygen atoms in total. The summed E-state index contributed by atoms with van der Waals surface area (Å²) < 4.78 is 39.5. The van der Waals surface area contributed by atoms with Crippen molar-refractivity contribution < 1.29 is 18.0 Å². The molecule has 0 atom stereocenters. The van der Waals surface area contributed by atoms with Gasteiger partial charge in [0.15, 0.2) is 17.4 Å². The Morgan fingerprint density at radius 2 is 1.79 bits per heavy atom. The van der Waals surface area contributed by atoms with Crippen molar-refractivity contribution >= 4 is 5.78 Å². The molecule has 0 amide bonds. The highest BCUT2D eigenvalue weighted by Gasteiger charge is 2.14. The van der Waals surface area contributed by atoms with Gasteiger partial charge >= 0.3 is 0 Å². The number of Topliss-reactive ketones (excluding diaryl/α,β-unsaturated/α-hetero) is 1. The number of aryl methyl sites for hydroxylation is 1. The summed E-state index contributed by atoms with van der Waals surface area (Å²) in [4.78, 5) is 11.9. The maximum Gasteiger partial charge on any atom is 0.170 e. The zero-order valence-electron chi connectivity index (χ0n) is 10.2. The first-order valence-electron chi connectivity index (χ1n) is 5.71. The van der Waals surface area contributed by atoms with Crippen LogP contribution in [0.1, 0.15) is 21.5 Å². The highest BCUT2D eigenvalue weighted by atomic mass is 19.2. The fraction of sp³-hybridized carbons (Fsp3) is 0.133. The fourth-order valence-corrected chi connectivity index (χ4v) is 1.79. The highest BCUT2D eigenvalue weighted by Crippen LogP contribution is 2.16. The van der Waals surface area contributed by atoms with Crippen LogP contribution in [0.25, 0.3) is 0 Å². The van der Waals surface area contributed by atoms with Crippen LogP contribution in [0.4, 0.5) is 13.2 Å². The molecule has 2 aromatic rings. The van der Waals surface area contributed by atoms with Gasteiger partial charge in [0.2, 0.25) is 0 Å². The van der Waals surface area contributed by atoms with E-state index in [1.165, 1.54) is 12.1 Å². The first kappa shape index (κ1) is 13.3. The summed E-state index contributed by atoms with van der Waals surface area (Å²) in [7, 11) is 0. The van der Waals surface area contributed by atoms with Gasteiger partial charge in [-0.25, -0.2) is 13.2 Å². The molecule has 0 radical (unpaired) electrons. The first-order chi connectivity index (χ1) is 8.99. The lowest BCUT2D eigenvalue weighted by Gasteiger charge is -2.05. The molecule has 0 unspecified atom stereocenters. The zero-order valence-corrected chi connectivity index (χ0v) is 10.2. The third-order valence-electron chi connectivity index (χ3n) is 2.84. The van der Waals surface area contributed by atoms with Crippen molar-refractivity contribution in [2.75, 3.05) is 0 Å². The molecule has 0 heterocycles. The first-order valence-corrected chi connectivity index (χ1v) is 5.71. The van der Waals surface area contributed by atoms with Crippen LogP contribution >= 0.6 is 0 Å². The van der Waals surface area contributed by atoms with Gasteiger partial charge in [-0.1, -0.05) is 18.2 Å². The van der Waals surface area contributed by atoms with E-state index in [9.17, 15) is 18.0 Å². The largest absolute Gasteiger partial charge is 0.294 e. The van der Waals surface area contributed by atoms with Crippen molar-refractivity contribution in [1.82, 2.24) is 0 Å². The quantitative estimate of drug-likeness (QED) is 0.770. The van der Waals surface area contributed by atoms with Crippen molar-refractivity contribution in [3.63, 3.8) is 0 Å². The number of benzene rings is 2. The second kappa shape index (κ2) is 5.26. The van der Waals surface area contributed by atoms with Crippen LogP contribution in [0, 0.1) is 24.4 Å². The van der Waals surface area contributed by atoms with E-state index < -0.39 is 23.2 Å². The number of rotatable bonds is 3. The van der Waals surface area contributed by atoms with Gasteiger partial charge in [0.25, 0.3) is 0 Å². The minimum absolute atomic E-state index is 0.0373. The van der Waals surface area contributed by atoms with Crippen LogP contribution in [0.15, 0.2) is 36.4 Å².